The van der Waals surface area contributed by atoms with E-state index in [2.05, 4.69) is 10.4 Å². The molecule has 3 aromatic rings. The van der Waals surface area contributed by atoms with E-state index in [0.717, 1.165) is 5.69 Å². The fourth-order valence-electron chi connectivity index (χ4n) is 2.35. The van der Waals surface area contributed by atoms with Crippen molar-refractivity contribution in [1.29, 1.82) is 0 Å². The van der Waals surface area contributed by atoms with Gasteiger partial charge in [-0.2, -0.15) is 5.10 Å². The summed E-state index contributed by atoms with van der Waals surface area (Å²) in [6, 6.07) is 11.6. The Hall–Kier alpha value is -3.19. The Labute approximate surface area is 148 Å². The third-order valence-corrected chi connectivity index (χ3v) is 3.90. The Kier molecular flexibility index (Phi) is 4.49. The smallest absolute Gasteiger partial charge is 0.274 e. The van der Waals surface area contributed by atoms with Crippen LogP contribution < -0.4 is 5.32 Å². The number of anilines is 1. The molecule has 0 radical (unpaired) electrons. The van der Waals surface area contributed by atoms with E-state index in [4.69, 9.17) is 11.6 Å². The molecule has 0 saturated heterocycles. The number of nitro benzene ring substituents is 1. The predicted octanol–water partition coefficient (Wildman–Crippen LogP) is 3.99. The average Bonchev–Trinajstić information content (AvgIpc) is 3.06. The van der Waals surface area contributed by atoms with E-state index >= 15 is 0 Å². The van der Waals surface area contributed by atoms with Crippen LogP contribution in [-0.2, 0) is 0 Å². The molecule has 2 aromatic carbocycles. The van der Waals surface area contributed by atoms with Crippen molar-refractivity contribution in [2.24, 2.45) is 0 Å². The second kappa shape index (κ2) is 6.74. The molecule has 0 aliphatic heterocycles. The molecule has 0 aliphatic rings. The number of halogens is 1. The van der Waals surface area contributed by atoms with Crippen molar-refractivity contribution in [3.63, 3.8) is 0 Å². The normalized spacial score (nSPS) is 10.5. The summed E-state index contributed by atoms with van der Waals surface area (Å²) in [4.78, 5) is 22.9. The zero-order valence-electron chi connectivity index (χ0n) is 13.1. The fraction of sp³-hybridized carbons (Fsp3) is 0.0588. The summed E-state index contributed by atoms with van der Waals surface area (Å²) in [5.41, 5.74) is 1.77. The number of nitrogens with one attached hydrogen (secondary N) is 1. The molecule has 3 rings (SSSR count). The van der Waals surface area contributed by atoms with Crippen molar-refractivity contribution in [1.82, 2.24) is 9.78 Å². The predicted molar refractivity (Wildman–Crippen MR) is 94.4 cm³/mol. The summed E-state index contributed by atoms with van der Waals surface area (Å²) in [5, 5.41) is 18.4. The minimum Gasteiger partial charge on any atom is -0.321 e. The number of rotatable bonds is 4. The number of aromatic nitrogens is 2. The lowest BCUT2D eigenvalue weighted by molar-refractivity contribution is -0.385. The Morgan fingerprint density at radius 3 is 2.76 bits per heavy atom. The van der Waals surface area contributed by atoms with Gasteiger partial charge in [0.2, 0.25) is 0 Å². The Balaban J connectivity index is 1.84. The van der Waals surface area contributed by atoms with Crippen LogP contribution >= 0.6 is 11.6 Å². The van der Waals surface area contributed by atoms with E-state index < -0.39 is 10.8 Å². The standard InChI is InChI=1S/C17H13ClN4O3/c1-11-15(6-3-7-16(11)22(24)25)20-17(23)12-9-19-21(10-12)14-5-2-4-13(18)8-14/h2-10H,1H3,(H,20,23). The molecule has 1 heterocycles. The number of hydrogen-bond acceptors (Lipinski definition) is 4. The number of carbonyl (C=O) groups excluding carboxylic acids is 1. The van der Waals surface area contributed by atoms with E-state index in [1.165, 1.54) is 23.0 Å². The van der Waals surface area contributed by atoms with Gasteiger partial charge in [-0.3, -0.25) is 14.9 Å². The zero-order valence-corrected chi connectivity index (χ0v) is 13.9. The van der Waals surface area contributed by atoms with Crippen LogP contribution in [0.25, 0.3) is 5.69 Å². The van der Waals surface area contributed by atoms with Gasteiger partial charge in [-0.05, 0) is 31.2 Å². The lowest BCUT2D eigenvalue weighted by Crippen LogP contribution is -2.12. The topological polar surface area (TPSA) is 90.1 Å². The van der Waals surface area contributed by atoms with E-state index in [1.807, 2.05) is 6.07 Å². The first-order valence-corrected chi connectivity index (χ1v) is 7.69. The number of carbonyl (C=O) groups is 1. The lowest BCUT2D eigenvalue weighted by Gasteiger charge is -2.07. The molecule has 0 atom stereocenters. The van der Waals surface area contributed by atoms with Gasteiger partial charge in [-0.15, -0.1) is 0 Å². The van der Waals surface area contributed by atoms with Gasteiger partial charge in [0.25, 0.3) is 11.6 Å². The molecule has 8 heteroatoms. The molecule has 1 amide bonds. The highest BCUT2D eigenvalue weighted by Gasteiger charge is 2.16. The minimum atomic E-state index is -0.484. The maximum absolute atomic E-state index is 12.4. The van der Waals surface area contributed by atoms with Crippen molar-refractivity contribution < 1.29 is 9.72 Å². The molecule has 0 spiro atoms. The molecule has 0 aliphatic carbocycles. The zero-order chi connectivity index (χ0) is 18.0. The summed E-state index contributed by atoms with van der Waals surface area (Å²) in [7, 11) is 0. The third-order valence-electron chi connectivity index (χ3n) is 3.67. The largest absolute Gasteiger partial charge is 0.321 e. The molecule has 7 nitrogen and oxygen atoms in total. The molecule has 0 bridgehead atoms. The van der Waals surface area contributed by atoms with Gasteiger partial charge in [0.1, 0.15) is 0 Å². The number of nitrogens with zero attached hydrogens (tertiary/aromatic N) is 3. The monoisotopic (exact) mass is 356 g/mol. The van der Waals surface area contributed by atoms with Crippen LogP contribution in [0.4, 0.5) is 11.4 Å². The minimum absolute atomic E-state index is 0.0487. The number of benzene rings is 2. The highest BCUT2D eigenvalue weighted by atomic mass is 35.5. The second-order valence-electron chi connectivity index (χ2n) is 5.31. The molecule has 25 heavy (non-hydrogen) atoms. The summed E-state index contributed by atoms with van der Waals surface area (Å²) in [6.07, 6.45) is 2.98. The van der Waals surface area contributed by atoms with Gasteiger partial charge >= 0.3 is 0 Å². The maximum atomic E-state index is 12.4. The molecular formula is C17H13ClN4O3. The molecule has 1 aromatic heterocycles. The molecule has 0 fully saturated rings. The van der Waals surface area contributed by atoms with Gasteiger partial charge < -0.3 is 5.32 Å². The van der Waals surface area contributed by atoms with Crippen LogP contribution in [0, 0.1) is 17.0 Å². The SMILES string of the molecule is Cc1c(NC(=O)c2cnn(-c3cccc(Cl)c3)c2)cccc1[N+](=O)[O-]. The first kappa shape index (κ1) is 16.7. The van der Waals surface area contributed by atoms with Crippen molar-refractivity contribution in [3.8, 4) is 5.69 Å². The van der Waals surface area contributed by atoms with Gasteiger partial charge in [-0.1, -0.05) is 23.7 Å². The van der Waals surface area contributed by atoms with E-state index in [1.54, 1.807) is 37.4 Å². The van der Waals surface area contributed by atoms with Gasteiger partial charge in [0, 0.05) is 17.3 Å². The quantitative estimate of drug-likeness (QED) is 0.565. The first-order valence-electron chi connectivity index (χ1n) is 7.31. The Morgan fingerprint density at radius 1 is 1.28 bits per heavy atom. The number of nitro groups is 1. The van der Waals surface area contributed by atoms with Gasteiger partial charge in [-0.25, -0.2) is 4.68 Å². The highest BCUT2D eigenvalue weighted by Crippen LogP contribution is 2.25. The number of amides is 1. The van der Waals surface area contributed by atoms with Crippen LogP contribution in [0.3, 0.4) is 0 Å². The number of hydrogen-bond donors (Lipinski definition) is 1. The Bertz CT molecular complexity index is 968. The van der Waals surface area contributed by atoms with Crippen LogP contribution in [-0.4, -0.2) is 20.6 Å². The summed E-state index contributed by atoms with van der Waals surface area (Å²) in [6.45, 7) is 1.59. The summed E-state index contributed by atoms with van der Waals surface area (Å²) >= 11 is 5.95. The van der Waals surface area contributed by atoms with E-state index in [9.17, 15) is 14.9 Å². The van der Waals surface area contributed by atoms with Crippen molar-refractivity contribution >= 4 is 28.9 Å². The molecule has 1 N–H and O–H groups in total. The first-order chi connectivity index (χ1) is 12.0. The third kappa shape index (κ3) is 3.51. The van der Waals surface area contributed by atoms with Crippen LogP contribution in [0.2, 0.25) is 5.02 Å². The van der Waals surface area contributed by atoms with Gasteiger partial charge in [0.15, 0.2) is 0 Å². The average molecular weight is 357 g/mol. The van der Waals surface area contributed by atoms with Crippen molar-refractivity contribution in [2.75, 3.05) is 5.32 Å². The molecular weight excluding hydrogens is 344 g/mol. The van der Waals surface area contributed by atoms with Crippen molar-refractivity contribution in [2.45, 2.75) is 6.92 Å². The van der Waals surface area contributed by atoms with Crippen LogP contribution in [0.5, 0.6) is 0 Å². The highest BCUT2D eigenvalue weighted by molar-refractivity contribution is 6.30. The molecule has 126 valence electrons. The second-order valence-corrected chi connectivity index (χ2v) is 5.75. The van der Waals surface area contributed by atoms with Gasteiger partial charge in [0.05, 0.1) is 33.6 Å². The van der Waals surface area contributed by atoms with E-state index in [0.29, 0.717) is 21.8 Å². The molecule has 0 saturated carbocycles. The summed E-state index contributed by atoms with van der Waals surface area (Å²) in [5.74, 6) is -0.406. The van der Waals surface area contributed by atoms with Crippen LogP contribution in [0.15, 0.2) is 54.9 Å². The summed E-state index contributed by atoms with van der Waals surface area (Å²) < 4.78 is 1.53. The van der Waals surface area contributed by atoms with Crippen molar-refractivity contribution in [3.05, 3.63) is 81.1 Å². The lowest BCUT2D eigenvalue weighted by atomic mass is 10.1. The van der Waals surface area contributed by atoms with E-state index in [-0.39, 0.29) is 5.69 Å². The fourth-order valence-corrected chi connectivity index (χ4v) is 2.54. The Morgan fingerprint density at radius 2 is 2.04 bits per heavy atom. The maximum Gasteiger partial charge on any atom is 0.274 e. The van der Waals surface area contributed by atoms with Crippen LogP contribution in [0.1, 0.15) is 15.9 Å². The molecule has 0 unspecified atom stereocenters.